The number of halogens is 2. The van der Waals surface area contributed by atoms with E-state index in [0.29, 0.717) is 0 Å². The molecule has 2 rings (SSSR count). The Hall–Kier alpha value is -1.68. The van der Waals surface area contributed by atoms with Crippen LogP contribution in [0, 0.1) is 5.92 Å². The largest absolute Gasteiger partial charge is 0.435 e. The molecular formula is C15H16F2O2. The maximum Gasteiger partial charge on any atom is 0.387 e. The molecule has 1 unspecified atom stereocenters. The average Bonchev–Trinajstić information content (AvgIpc) is 2.36. The highest BCUT2D eigenvalue weighted by Crippen LogP contribution is 2.27. The molecule has 0 amide bonds. The van der Waals surface area contributed by atoms with E-state index in [0.717, 1.165) is 16.3 Å². The lowest BCUT2D eigenvalue weighted by molar-refractivity contribution is -0.0497. The van der Waals surface area contributed by atoms with Gasteiger partial charge in [-0.05, 0) is 40.5 Å². The van der Waals surface area contributed by atoms with Gasteiger partial charge in [0.05, 0.1) is 6.10 Å². The predicted molar refractivity (Wildman–Crippen MR) is 70.4 cm³/mol. The van der Waals surface area contributed by atoms with Crippen molar-refractivity contribution < 1.29 is 18.6 Å². The fraction of sp³-hybridized carbons (Fsp3) is 0.333. The minimum atomic E-state index is -2.82. The number of alkyl halides is 2. The third-order valence-electron chi connectivity index (χ3n) is 3.03. The normalized spacial score (nSPS) is 13.2. The standard InChI is InChI=1S/C15H16F2O2/c1-9(2)14(18)12-4-3-11-8-13(19-15(16)17)6-5-10(11)7-12/h3-9,14-15,18H,1-2H3. The van der Waals surface area contributed by atoms with Crippen LogP contribution in [0.4, 0.5) is 8.78 Å². The summed E-state index contributed by atoms with van der Waals surface area (Å²) in [6, 6.07) is 10.2. The second-order valence-electron chi connectivity index (χ2n) is 4.84. The van der Waals surface area contributed by atoms with Gasteiger partial charge in [-0.25, -0.2) is 0 Å². The zero-order chi connectivity index (χ0) is 14.0. The van der Waals surface area contributed by atoms with Gasteiger partial charge in [0.15, 0.2) is 0 Å². The molecule has 0 spiro atoms. The molecule has 2 aromatic rings. The molecule has 1 N–H and O–H groups in total. The van der Waals surface area contributed by atoms with Gasteiger partial charge in [-0.1, -0.05) is 32.0 Å². The summed E-state index contributed by atoms with van der Waals surface area (Å²) in [6.45, 7) is 1.06. The van der Waals surface area contributed by atoms with Crippen molar-refractivity contribution in [2.75, 3.05) is 0 Å². The van der Waals surface area contributed by atoms with Crippen molar-refractivity contribution in [2.24, 2.45) is 5.92 Å². The van der Waals surface area contributed by atoms with Crippen LogP contribution in [0.25, 0.3) is 10.8 Å². The Kier molecular flexibility index (Phi) is 4.00. The van der Waals surface area contributed by atoms with Crippen LogP contribution < -0.4 is 4.74 Å². The summed E-state index contributed by atoms with van der Waals surface area (Å²) in [5.41, 5.74) is 0.824. The monoisotopic (exact) mass is 266 g/mol. The molecule has 0 radical (unpaired) electrons. The number of aliphatic hydroxyl groups is 1. The van der Waals surface area contributed by atoms with Crippen LogP contribution in [0.15, 0.2) is 36.4 Å². The Morgan fingerprint density at radius 2 is 1.63 bits per heavy atom. The van der Waals surface area contributed by atoms with Crippen LogP contribution in [-0.4, -0.2) is 11.7 Å². The molecule has 2 aromatic carbocycles. The Morgan fingerprint density at radius 3 is 2.26 bits per heavy atom. The van der Waals surface area contributed by atoms with Crippen molar-refractivity contribution in [3.63, 3.8) is 0 Å². The van der Waals surface area contributed by atoms with Gasteiger partial charge in [-0.3, -0.25) is 0 Å². The van der Waals surface area contributed by atoms with Crippen molar-refractivity contribution in [3.05, 3.63) is 42.0 Å². The quantitative estimate of drug-likeness (QED) is 0.901. The number of fused-ring (bicyclic) bond motifs is 1. The number of ether oxygens (including phenoxy) is 1. The first-order valence-corrected chi connectivity index (χ1v) is 6.14. The average molecular weight is 266 g/mol. The van der Waals surface area contributed by atoms with Crippen LogP contribution in [0.3, 0.4) is 0 Å². The lowest BCUT2D eigenvalue weighted by Gasteiger charge is -2.15. The Morgan fingerprint density at radius 1 is 1.00 bits per heavy atom. The van der Waals surface area contributed by atoms with Crippen LogP contribution in [-0.2, 0) is 0 Å². The molecule has 102 valence electrons. The highest BCUT2D eigenvalue weighted by molar-refractivity contribution is 5.84. The van der Waals surface area contributed by atoms with Crippen LogP contribution in [0.1, 0.15) is 25.5 Å². The summed E-state index contributed by atoms with van der Waals surface area (Å²) in [5, 5.41) is 11.7. The van der Waals surface area contributed by atoms with Crippen LogP contribution in [0.2, 0.25) is 0 Å². The summed E-state index contributed by atoms with van der Waals surface area (Å²) < 4.78 is 28.6. The van der Waals surface area contributed by atoms with E-state index in [-0.39, 0.29) is 11.7 Å². The first kappa shape index (κ1) is 13.7. The van der Waals surface area contributed by atoms with E-state index in [2.05, 4.69) is 4.74 Å². The smallest absolute Gasteiger partial charge is 0.387 e. The molecule has 0 saturated heterocycles. The maximum absolute atomic E-state index is 12.1. The Labute approximate surface area is 110 Å². The summed E-state index contributed by atoms with van der Waals surface area (Å²) >= 11 is 0. The third-order valence-corrected chi connectivity index (χ3v) is 3.03. The molecule has 0 fully saturated rings. The van der Waals surface area contributed by atoms with Gasteiger partial charge in [-0.2, -0.15) is 8.78 Å². The van der Waals surface area contributed by atoms with Gasteiger partial charge in [-0.15, -0.1) is 0 Å². The zero-order valence-corrected chi connectivity index (χ0v) is 10.8. The highest BCUT2D eigenvalue weighted by atomic mass is 19.3. The van der Waals surface area contributed by atoms with Crippen molar-refractivity contribution in [1.29, 1.82) is 0 Å². The molecule has 0 heterocycles. The number of hydrogen-bond donors (Lipinski definition) is 1. The molecular weight excluding hydrogens is 250 g/mol. The molecule has 0 saturated carbocycles. The van der Waals surface area contributed by atoms with Gasteiger partial charge in [0, 0.05) is 0 Å². The molecule has 4 heteroatoms. The zero-order valence-electron chi connectivity index (χ0n) is 10.8. The lowest BCUT2D eigenvalue weighted by Crippen LogP contribution is -2.05. The SMILES string of the molecule is CC(C)C(O)c1ccc2cc(OC(F)F)ccc2c1. The van der Waals surface area contributed by atoms with Gasteiger partial charge in [0.25, 0.3) is 0 Å². The summed E-state index contributed by atoms with van der Waals surface area (Å²) in [6.07, 6.45) is -0.526. The van der Waals surface area contributed by atoms with Crippen molar-refractivity contribution >= 4 is 10.8 Å². The second kappa shape index (κ2) is 5.53. The highest BCUT2D eigenvalue weighted by Gasteiger charge is 2.12. The Balaban J connectivity index is 2.35. The topological polar surface area (TPSA) is 29.5 Å². The van der Waals surface area contributed by atoms with Gasteiger partial charge in [0.2, 0.25) is 0 Å². The number of benzene rings is 2. The van der Waals surface area contributed by atoms with E-state index in [9.17, 15) is 13.9 Å². The molecule has 0 aliphatic heterocycles. The Bertz CT molecular complexity index is 567. The van der Waals surface area contributed by atoms with E-state index in [4.69, 9.17) is 0 Å². The van der Waals surface area contributed by atoms with E-state index in [1.54, 1.807) is 24.3 Å². The summed E-state index contributed by atoms with van der Waals surface area (Å²) in [4.78, 5) is 0. The van der Waals surface area contributed by atoms with Gasteiger partial charge >= 0.3 is 6.61 Å². The summed E-state index contributed by atoms with van der Waals surface area (Å²) in [5.74, 6) is 0.263. The minimum Gasteiger partial charge on any atom is -0.435 e. The first-order chi connectivity index (χ1) is 8.97. The van der Waals surface area contributed by atoms with Gasteiger partial charge < -0.3 is 9.84 Å². The lowest BCUT2D eigenvalue weighted by atomic mass is 9.96. The van der Waals surface area contributed by atoms with Crippen molar-refractivity contribution in [3.8, 4) is 5.75 Å². The maximum atomic E-state index is 12.1. The van der Waals surface area contributed by atoms with E-state index in [1.165, 1.54) is 6.07 Å². The number of aliphatic hydroxyl groups excluding tert-OH is 1. The fourth-order valence-electron chi connectivity index (χ4n) is 1.99. The van der Waals surface area contributed by atoms with Crippen LogP contribution in [0.5, 0.6) is 5.75 Å². The van der Waals surface area contributed by atoms with Gasteiger partial charge in [0.1, 0.15) is 5.75 Å². The van der Waals surface area contributed by atoms with E-state index in [1.807, 2.05) is 19.9 Å². The second-order valence-corrected chi connectivity index (χ2v) is 4.84. The first-order valence-electron chi connectivity index (χ1n) is 6.14. The molecule has 2 nitrogen and oxygen atoms in total. The molecule has 0 bridgehead atoms. The van der Waals surface area contributed by atoms with E-state index >= 15 is 0 Å². The third kappa shape index (κ3) is 3.20. The predicted octanol–water partition coefficient (Wildman–Crippen LogP) is 4.13. The fourth-order valence-corrected chi connectivity index (χ4v) is 1.99. The van der Waals surface area contributed by atoms with Crippen molar-refractivity contribution in [2.45, 2.75) is 26.6 Å². The van der Waals surface area contributed by atoms with E-state index < -0.39 is 12.7 Å². The summed E-state index contributed by atoms with van der Waals surface area (Å²) in [7, 11) is 0. The minimum absolute atomic E-state index is 0.124. The molecule has 0 aromatic heterocycles. The number of rotatable bonds is 4. The van der Waals surface area contributed by atoms with Crippen molar-refractivity contribution in [1.82, 2.24) is 0 Å². The molecule has 19 heavy (non-hydrogen) atoms. The molecule has 0 aliphatic carbocycles. The molecule has 1 atom stereocenters. The number of hydrogen-bond acceptors (Lipinski definition) is 2. The molecule has 0 aliphatic rings. The van der Waals surface area contributed by atoms with Crippen LogP contribution >= 0.6 is 0 Å².